The highest BCUT2D eigenvalue weighted by atomic mass is 35.5. The molecule has 0 bridgehead atoms. The van der Waals surface area contributed by atoms with E-state index in [0.717, 1.165) is 29.9 Å². The van der Waals surface area contributed by atoms with Gasteiger partial charge in [-0.1, -0.05) is 48.9 Å². The van der Waals surface area contributed by atoms with E-state index in [1.807, 2.05) is 0 Å². The number of carboxylic acids is 1. The SMILES string of the molecule is CCC(NC(O)CCc1ccc(C2CCC=C(Cl)C2)cc1)C(=O)NC(CCC(=O)O)C(N)O. The molecule has 2 rings (SSSR count). The molecule has 0 heterocycles. The molecule has 5 unspecified atom stereocenters. The Balaban J connectivity index is 1.82. The van der Waals surface area contributed by atoms with Crippen LogP contribution in [-0.4, -0.2) is 51.7 Å². The van der Waals surface area contributed by atoms with Crippen LogP contribution in [0.15, 0.2) is 35.4 Å². The average Bonchev–Trinajstić information content (AvgIpc) is 2.78. The van der Waals surface area contributed by atoms with Crippen LogP contribution >= 0.6 is 11.6 Å². The Morgan fingerprint density at radius 2 is 1.91 bits per heavy atom. The van der Waals surface area contributed by atoms with Crippen molar-refractivity contribution in [2.75, 3.05) is 0 Å². The molecule has 33 heavy (non-hydrogen) atoms. The number of halogens is 1. The average molecular weight is 482 g/mol. The van der Waals surface area contributed by atoms with E-state index in [-0.39, 0.29) is 12.8 Å². The number of aliphatic hydroxyl groups excluding tert-OH is 2. The lowest BCUT2D eigenvalue weighted by Gasteiger charge is -2.26. The highest BCUT2D eigenvalue weighted by Gasteiger charge is 2.25. The summed E-state index contributed by atoms with van der Waals surface area (Å²) >= 11 is 6.18. The summed E-state index contributed by atoms with van der Waals surface area (Å²) < 4.78 is 0. The number of carbonyl (C=O) groups is 2. The predicted molar refractivity (Wildman–Crippen MR) is 128 cm³/mol. The molecule has 1 amide bonds. The summed E-state index contributed by atoms with van der Waals surface area (Å²) in [5.41, 5.74) is 7.82. The van der Waals surface area contributed by atoms with Gasteiger partial charge in [-0.3, -0.25) is 14.9 Å². The third-order valence-electron chi connectivity index (χ3n) is 6.01. The first-order valence-corrected chi connectivity index (χ1v) is 11.9. The maximum Gasteiger partial charge on any atom is 0.303 e. The van der Waals surface area contributed by atoms with Crippen molar-refractivity contribution in [3.63, 3.8) is 0 Å². The molecule has 0 saturated carbocycles. The number of aryl methyl sites for hydroxylation is 1. The summed E-state index contributed by atoms with van der Waals surface area (Å²) in [7, 11) is 0. The Bertz CT molecular complexity index is 800. The first-order valence-electron chi connectivity index (χ1n) is 11.5. The highest BCUT2D eigenvalue weighted by molar-refractivity contribution is 6.29. The largest absolute Gasteiger partial charge is 0.481 e. The summed E-state index contributed by atoms with van der Waals surface area (Å²) in [6.07, 6.45) is 4.03. The molecule has 8 nitrogen and oxygen atoms in total. The second-order valence-electron chi connectivity index (χ2n) is 8.59. The minimum atomic E-state index is -1.38. The van der Waals surface area contributed by atoms with Crippen molar-refractivity contribution >= 4 is 23.5 Å². The summed E-state index contributed by atoms with van der Waals surface area (Å²) in [5.74, 6) is -1.04. The third kappa shape index (κ3) is 9.43. The molecular weight excluding hydrogens is 446 g/mol. The van der Waals surface area contributed by atoms with Crippen molar-refractivity contribution in [1.29, 1.82) is 0 Å². The van der Waals surface area contributed by atoms with Crippen molar-refractivity contribution in [2.45, 2.75) is 88.7 Å². The Hall–Kier alpha value is -1.97. The van der Waals surface area contributed by atoms with E-state index in [1.165, 1.54) is 5.56 Å². The van der Waals surface area contributed by atoms with E-state index in [1.54, 1.807) is 6.92 Å². The molecule has 0 spiro atoms. The maximum absolute atomic E-state index is 12.5. The van der Waals surface area contributed by atoms with Crippen LogP contribution in [-0.2, 0) is 16.0 Å². The van der Waals surface area contributed by atoms with Crippen LogP contribution in [0, 0.1) is 0 Å². The molecule has 0 radical (unpaired) electrons. The van der Waals surface area contributed by atoms with E-state index < -0.39 is 36.4 Å². The topological polar surface area (TPSA) is 145 Å². The molecule has 184 valence electrons. The van der Waals surface area contributed by atoms with Crippen LogP contribution in [0.4, 0.5) is 0 Å². The van der Waals surface area contributed by atoms with Gasteiger partial charge in [-0.15, -0.1) is 0 Å². The number of nitrogens with two attached hydrogens (primary N) is 1. The van der Waals surface area contributed by atoms with Gasteiger partial charge in [-0.25, -0.2) is 0 Å². The van der Waals surface area contributed by atoms with Gasteiger partial charge < -0.3 is 26.4 Å². The normalized spacial score (nSPS) is 19.8. The van der Waals surface area contributed by atoms with Crippen LogP contribution < -0.4 is 16.4 Å². The van der Waals surface area contributed by atoms with Gasteiger partial charge in [0.2, 0.25) is 5.91 Å². The molecule has 1 aromatic rings. The molecule has 0 aromatic heterocycles. The Labute approximate surface area is 200 Å². The van der Waals surface area contributed by atoms with Crippen LogP contribution in [0.1, 0.15) is 68.9 Å². The number of carboxylic acid groups (broad SMARTS) is 1. The zero-order chi connectivity index (χ0) is 24.4. The Morgan fingerprint density at radius 1 is 1.21 bits per heavy atom. The lowest BCUT2D eigenvalue weighted by atomic mass is 9.87. The van der Waals surface area contributed by atoms with Gasteiger partial charge in [-0.2, -0.15) is 0 Å². The minimum Gasteiger partial charge on any atom is -0.481 e. The molecule has 1 aliphatic carbocycles. The zero-order valence-electron chi connectivity index (χ0n) is 19.0. The van der Waals surface area contributed by atoms with Crippen molar-refractivity contribution < 1.29 is 24.9 Å². The smallest absolute Gasteiger partial charge is 0.303 e. The van der Waals surface area contributed by atoms with E-state index in [9.17, 15) is 19.8 Å². The maximum atomic E-state index is 12.5. The predicted octanol–water partition coefficient (Wildman–Crippen LogP) is 2.32. The van der Waals surface area contributed by atoms with E-state index in [0.29, 0.717) is 25.2 Å². The third-order valence-corrected chi connectivity index (χ3v) is 6.32. The Kier molecular flexibility index (Phi) is 11.3. The molecule has 7 N–H and O–H groups in total. The number of amides is 1. The van der Waals surface area contributed by atoms with Crippen molar-refractivity contribution in [3.8, 4) is 0 Å². The number of nitrogens with one attached hydrogen (secondary N) is 2. The number of hydrogen-bond donors (Lipinski definition) is 6. The number of benzene rings is 1. The number of aliphatic hydroxyl groups is 2. The van der Waals surface area contributed by atoms with Crippen LogP contribution in [0.2, 0.25) is 0 Å². The first-order chi connectivity index (χ1) is 15.7. The second kappa shape index (κ2) is 13.7. The van der Waals surface area contributed by atoms with Gasteiger partial charge in [-0.05, 0) is 62.0 Å². The van der Waals surface area contributed by atoms with E-state index >= 15 is 0 Å². The molecule has 0 aliphatic heterocycles. The summed E-state index contributed by atoms with van der Waals surface area (Å²) in [5, 5.41) is 35.2. The fraction of sp³-hybridized carbons (Fsp3) is 0.583. The molecule has 1 aromatic carbocycles. The monoisotopic (exact) mass is 481 g/mol. The van der Waals surface area contributed by atoms with Gasteiger partial charge >= 0.3 is 5.97 Å². The van der Waals surface area contributed by atoms with Gasteiger partial charge in [0.25, 0.3) is 0 Å². The molecule has 5 atom stereocenters. The first kappa shape index (κ1) is 27.3. The highest BCUT2D eigenvalue weighted by Crippen LogP contribution is 2.34. The number of rotatable bonds is 13. The van der Waals surface area contributed by atoms with Gasteiger partial charge in [0.05, 0.1) is 12.1 Å². The lowest BCUT2D eigenvalue weighted by molar-refractivity contribution is -0.137. The van der Waals surface area contributed by atoms with Gasteiger partial charge in [0, 0.05) is 11.5 Å². The van der Waals surface area contributed by atoms with Crippen LogP contribution in [0.3, 0.4) is 0 Å². The van der Waals surface area contributed by atoms with Crippen molar-refractivity contribution in [1.82, 2.24) is 10.6 Å². The van der Waals surface area contributed by atoms with Crippen molar-refractivity contribution in [3.05, 3.63) is 46.5 Å². The molecular formula is C24H36ClN3O5. The molecule has 1 aliphatic rings. The number of aliphatic carboxylic acids is 1. The van der Waals surface area contributed by atoms with Crippen LogP contribution in [0.5, 0.6) is 0 Å². The molecule has 9 heteroatoms. The number of carbonyl (C=O) groups excluding carboxylic acids is 1. The summed E-state index contributed by atoms with van der Waals surface area (Å²) in [6.45, 7) is 1.79. The molecule has 0 fully saturated rings. The number of hydrogen-bond acceptors (Lipinski definition) is 6. The summed E-state index contributed by atoms with van der Waals surface area (Å²) in [6, 6.07) is 6.79. The fourth-order valence-electron chi connectivity index (χ4n) is 3.99. The lowest BCUT2D eigenvalue weighted by Crippen LogP contribution is -2.55. The summed E-state index contributed by atoms with van der Waals surface area (Å²) in [4.78, 5) is 23.3. The quantitative estimate of drug-likeness (QED) is 0.237. The zero-order valence-corrected chi connectivity index (χ0v) is 19.8. The number of allylic oxidation sites excluding steroid dienone is 2. The minimum absolute atomic E-state index is 0.0110. The second-order valence-corrected chi connectivity index (χ2v) is 9.08. The van der Waals surface area contributed by atoms with Gasteiger partial charge in [0.15, 0.2) is 0 Å². The van der Waals surface area contributed by atoms with Crippen LogP contribution in [0.25, 0.3) is 0 Å². The van der Waals surface area contributed by atoms with E-state index in [2.05, 4.69) is 41.0 Å². The molecule has 0 saturated heterocycles. The van der Waals surface area contributed by atoms with E-state index in [4.69, 9.17) is 22.4 Å². The fourth-order valence-corrected chi connectivity index (χ4v) is 4.29. The Morgan fingerprint density at radius 3 is 2.48 bits per heavy atom. The van der Waals surface area contributed by atoms with Crippen molar-refractivity contribution in [2.24, 2.45) is 5.73 Å². The van der Waals surface area contributed by atoms with Gasteiger partial charge in [0.1, 0.15) is 12.5 Å². The standard InChI is InChI=1S/C24H36ClN3O5/c1-2-19(24(33)28-20(23(26)32)11-13-22(30)31)27-21(29)12-8-15-6-9-16(10-7-15)17-4-3-5-18(25)14-17/h5-7,9-10,17,19-21,23,27,29,32H,2-4,8,11-14,26H2,1H3,(H,28,33)(H,30,31).